The average Bonchev–Trinajstić information content (AvgIpc) is 4.26. The Balaban J connectivity index is 0.686. The molecule has 0 radical (unpaired) electrons. The van der Waals surface area contributed by atoms with Gasteiger partial charge in [0.05, 0.1) is 62.0 Å². The molecule has 2 saturated heterocycles. The van der Waals surface area contributed by atoms with Gasteiger partial charge in [-0.15, -0.1) is 11.3 Å². The van der Waals surface area contributed by atoms with E-state index in [4.69, 9.17) is 35.5 Å². The summed E-state index contributed by atoms with van der Waals surface area (Å²) in [4.78, 5) is 91.2. The molecule has 412 valence electrons. The van der Waals surface area contributed by atoms with Gasteiger partial charge in [0.2, 0.25) is 23.5 Å². The monoisotopic (exact) mass is 1110 g/mol. The number of thiazole rings is 2. The predicted molar refractivity (Wildman–Crippen MR) is 296 cm³/mol. The van der Waals surface area contributed by atoms with Crippen LogP contribution in [-0.4, -0.2) is 157 Å². The molecule has 8 rings (SSSR count). The fourth-order valence-corrected chi connectivity index (χ4v) is 11.5. The number of rotatable bonds is 25. The lowest BCUT2D eigenvalue weighted by atomic mass is 9.83. The van der Waals surface area contributed by atoms with Crippen LogP contribution in [0.4, 0.5) is 22.5 Å². The highest BCUT2D eigenvalue weighted by atomic mass is 35.5. The Morgan fingerprint density at radius 2 is 1.57 bits per heavy atom. The number of hydrogen-bond acceptors (Lipinski definition) is 18. The number of aromatic nitrogens is 4. The van der Waals surface area contributed by atoms with E-state index < -0.39 is 12.1 Å². The third kappa shape index (κ3) is 15.5. The minimum absolute atomic E-state index is 0.0520. The lowest BCUT2D eigenvalue weighted by Gasteiger charge is -2.35. The van der Waals surface area contributed by atoms with Crippen LogP contribution >= 0.6 is 34.3 Å². The molecule has 0 bridgehead atoms. The maximum absolute atomic E-state index is 14.2. The van der Waals surface area contributed by atoms with E-state index in [0.717, 1.165) is 55.5 Å². The van der Waals surface area contributed by atoms with Crippen molar-refractivity contribution in [1.82, 2.24) is 40.4 Å². The second-order valence-electron chi connectivity index (χ2n) is 19.2. The van der Waals surface area contributed by atoms with Crippen LogP contribution in [-0.2, 0) is 28.6 Å². The second kappa shape index (κ2) is 28.0. The summed E-state index contributed by atoms with van der Waals surface area (Å²) in [6, 6.07) is 13.0. The van der Waals surface area contributed by atoms with Crippen molar-refractivity contribution in [3.05, 3.63) is 97.7 Å². The Hall–Kier alpha value is -6.14. The van der Waals surface area contributed by atoms with Gasteiger partial charge in [0.15, 0.2) is 5.13 Å². The van der Waals surface area contributed by atoms with Crippen LogP contribution in [0.5, 0.6) is 5.75 Å². The molecule has 4 N–H and O–H groups in total. The van der Waals surface area contributed by atoms with Crippen molar-refractivity contribution in [2.45, 2.75) is 83.8 Å². The number of halogens is 1. The fraction of sp³-hybridized carbons (Fsp3) is 0.500. The van der Waals surface area contributed by atoms with E-state index in [1.54, 1.807) is 61.5 Å². The molecule has 0 spiro atoms. The zero-order chi connectivity index (χ0) is 54.3. The minimum Gasteiger partial charge on any atom is -0.491 e. The Kier molecular flexibility index (Phi) is 20.7. The molecular formula is C54H68ClN11O9S2. The number of ether oxygens (including phenoxy) is 4. The van der Waals surface area contributed by atoms with Gasteiger partial charge in [-0.25, -0.2) is 19.9 Å². The summed E-state index contributed by atoms with van der Waals surface area (Å²) in [5.41, 5.74) is 2.17. The molecule has 3 aromatic heterocycles. The number of anilines is 4. The number of likely N-dealkylation sites (N-methyl/N-ethyl adjacent to an activating group) is 1. The molecule has 3 atom stereocenters. The first-order chi connectivity index (χ1) is 37.3. The normalized spacial score (nSPS) is 16.7. The molecule has 5 heterocycles. The summed E-state index contributed by atoms with van der Waals surface area (Å²) in [5, 5.41) is 15.6. The lowest BCUT2D eigenvalue weighted by molar-refractivity contribution is -0.139. The highest BCUT2D eigenvalue weighted by molar-refractivity contribution is 7.17. The molecule has 3 fully saturated rings. The van der Waals surface area contributed by atoms with Gasteiger partial charge in [-0.2, -0.15) is 0 Å². The average molecular weight is 1110 g/mol. The number of carbonyl (C=O) groups excluding carboxylic acids is 5. The van der Waals surface area contributed by atoms with Crippen molar-refractivity contribution in [2.24, 2.45) is 5.92 Å². The quantitative estimate of drug-likeness (QED) is 0.0340. The Labute approximate surface area is 462 Å². The first-order valence-electron chi connectivity index (χ1n) is 26.3. The molecule has 1 saturated carbocycles. The SMILES string of the molecule is CN[C@@H](C)C(=O)N[C@H](C(=O)N1CCCC1c1nc(C(=O)c2cccc(OCCOCCOCCOCC(=O)N3CCN(c4cc(Nc5ncc(C(=O)Nc6c(C)cccc6Cl)s5)nc(C)n4)CC3)c2)cs1)C1CCCCC1. The fourth-order valence-electron chi connectivity index (χ4n) is 9.53. The van der Waals surface area contributed by atoms with Gasteiger partial charge in [-0.05, 0) is 83.2 Å². The first kappa shape index (κ1) is 57.0. The van der Waals surface area contributed by atoms with Gasteiger partial charge in [-0.3, -0.25) is 24.0 Å². The number of hydrogen-bond donors (Lipinski definition) is 4. The Morgan fingerprint density at radius 1 is 0.831 bits per heavy atom. The van der Waals surface area contributed by atoms with Crippen LogP contribution in [0.25, 0.3) is 0 Å². The number of benzene rings is 2. The van der Waals surface area contributed by atoms with E-state index in [0.29, 0.717) is 114 Å². The van der Waals surface area contributed by atoms with Gasteiger partial charge in [0.25, 0.3) is 5.91 Å². The number of piperazine rings is 1. The van der Waals surface area contributed by atoms with Crippen molar-refractivity contribution < 1.29 is 42.9 Å². The van der Waals surface area contributed by atoms with E-state index in [-0.39, 0.29) is 61.2 Å². The van der Waals surface area contributed by atoms with Crippen molar-refractivity contribution in [3.8, 4) is 5.75 Å². The van der Waals surface area contributed by atoms with Crippen LogP contribution in [0.1, 0.15) is 100 Å². The maximum Gasteiger partial charge on any atom is 0.267 e. The predicted octanol–water partition coefficient (Wildman–Crippen LogP) is 7.00. The minimum atomic E-state index is -0.591. The second-order valence-corrected chi connectivity index (χ2v) is 21.5. The first-order valence-corrected chi connectivity index (χ1v) is 28.3. The standard InChI is InChI=1S/C54H68ClN11O9S2/c1-34-11-8-16-40(55)47(34)62-51(70)43-31-57-54(77-43)61-44-30-45(59-36(3)58-44)64-19-21-65(22-20-64)46(67)32-74-26-25-72-23-24-73-27-28-75-39-15-9-14-38(29-39)49(68)41-33-76-52(60-41)42-17-10-18-66(42)53(71)48(37-12-6-5-7-13-37)63-50(69)35(2)56-4/h8-9,11,14-16,29-31,33,35,37,42,48,56H,5-7,10,12-13,17-28,32H2,1-4H3,(H,62,70)(H,63,69)(H,57,58,59,61)/t35-,42?,48-/m0/s1. The summed E-state index contributed by atoms with van der Waals surface area (Å²) in [6.45, 7) is 9.97. The molecule has 20 nitrogen and oxygen atoms in total. The van der Waals surface area contributed by atoms with Gasteiger partial charge in [0.1, 0.15) is 58.0 Å². The van der Waals surface area contributed by atoms with Gasteiger partial charge >= 0.3 is 0 Å². The summed E-state index contributed by atoms with van der Waals surface area (Å²) in [6.07, 6.45) is 8.11. The molecule has 77 heavy (non-hydrogen) atoms. The molecule has 1 aliphatic carbocycles. The molecule has 1 unspecified atom stereocenters. The van der Waals surface area contributed by atoms with Crippen molar-refractivity contribution in [2.75, 3.05) is 102 Å². The highest BCUT2D eigenvalue weighted by Gasteiger charge is 2.40. The summed E-state index contributed by atoms with van der Waals surface area (Å²) in [5.74, 6) is 1.53. The number of nitrogens with zero attached hydrogens (tertiary/aromatic N) is 7. The van der Waals surface area contributed by atoms with Crippen LogP contribution in [0.15, 0.2) is 60.1 Å². The lowest BCUT2D eigenvalue weighted by Crippen LogP contribution is -2.55. The summed E-state index contributed by atoms with van der Waals surface area (Å²) in [7, 11) is 1.73. The molecule has 4 amide bonds. The zero-order valence-electron chi connectivity index (χ0n) is 44.0. The Morgan fingerprint density at radius 3 is 2.32 bits per heavy atom. The van der Waals surface area contributed by atoms with Crippen molar-refractivity contribution in [1.29, 1.82) is 0 Å². The smallest absolute Gasteiger partial charge is 0.267 e. The van der Waals surface area contributed by atoms with Crippen LogP contribution in [0, 0.1) is 19.8 Å². The number of carbonyl (C=O) groups is 5. The van der Waals surface area contributed by atoms with Gasteiger partial charge in [0, 0.05) is 49.7 Å². The van der Waals surface area contributed by atoms with E-state index in [1.807, 2.05) is 30.0 Å². The molecular weight excluding hydrogens is 1050 g/mol. The zero-order valence-corrected chi connectivity index (χ0v) is 46.4. The van der Waals surface area contributed by atoms with Gasteiger partial charge in [-0.1, -0.05) is 66.5 Å². The summed E-state index contributed by atoms with van der Waals surface area (Å²) < 4.78 is 22.9. The van der Waals surface area contributed by atoms with E-state index >= 15 is 0 Å². The number of aryl methyl sites for hydroxylation is 2. The molecule has 3 aliphatic rings. The topological polar surface area (TPSA) is 232 Å². The maximum atomic E-state index is 14.2. The van der Waals surface area contributed by atoms with E-state index in [1.165, 1.54) is 28.9 Å². The number of likely N-dealkylation sites (tertiary alicyclic amines) is 1. The number of amides is 4. The highest BCUT2D eigenvalue weighted by Crippen LogP contribution is 2.37. The third-order valence-electron chi connectivity index (χ3n) is 13.9. The number of nitrogens with one attached hydrogen (secondary N) is 4. The third-order valence-corrected chi connectivity index (χ3v) is 16.0. The van der Waals surface area contributed by atoms with Crippen LogP contribution in [0.2, 0.25) is 5.02 Å². The summed E-state index contributed by atoms with van der Waals surface area (Å²) >= 11 is 8.87. The molecule has 5 aromatic rings. The largest absolute Gasteiger partial charge is 0.491 e. The van der Waals surface area contributed by atoms with Crippen LogP contribution < -0.4 is 30.9 Å². The van der Waals surface area contributed by atoms with Crippen LogP contribution in [0.3, 0.4) is 0 Å². The van der Waals surface area contributed by atoms with Crippen molar-refractivity contribution in [3.63, 3.8) is 0 Å². The van der Waals surface area contributed by atoms with E-state index in [9.17, 15) is 24.0 Å². The molecule has 2 aliphatic heterocycles. The number of para-hydroxylation sites is 1. The molecule has 23 heteroatoms. The Bertz CT molecular complexity index is 2800. The van der Waals surface area contributed by atoms with Gasteiger partial charge < -0.3 is 54.9 Å². The molecule has 2 aromatic carbocycles. The van der Waals surface area contributed by atoms with Crippen molar-refractivity contribution >= 4 is 86.1 Å². The number of ketones is 1. The van der Waals surface area contributed by atoms with E-state index in [2.05, 4.69) is 41.1 Å².